The van der Waals surface area contributed by atoms with E-state index in [-0.39, 0.29) is 5.91 Å². The summed E-state index contributed by atoms with van der Waals surface area (Å²) >= 11 is 0. The number of rotatable bonds is 9. The summed E-state index contributed by atoms with van der Waals surface area (Å²) in [6.07, 6.45) is 2.72. The number of aromatic nitrogens is 1. The maximum atomic E-state index is 12.3. The van der Waals surface area contributed by atoms with Crippen LogP contribution in [-0.2, 0) is 9.59 Å². The molecule has 0 bridgehead atoms. The van der Waals surface area contributed by atoms with Crippen LogP contribution in [0.5, 0.6) is 5.75 Å². The van der Waals surface area contributed by atoms with Crippen LogP contribution < -0.4 is 15.0 Å². The molecule has 11 nitrogen and oxygen atoms in total. The molecule has 0 aliphatic carbocycles. The minimum atomic E-state index is -1.82. The van der Waals surface area contributed by atoms with Crippen LogP contribution in [-0.4, -0.2) is 103 Å². The Balaban J connectivity index is 0.000000678. The zero-order valence-corrected chi connectivity index (χ0v) is 21.0. The van der Waals surface area contributed by atoms with Crippen molar-refractivity contribution in [3.63, 3.8) is 0 Å². The lowest BCUT2D eigenvalue weighted by atomic mass is 10.2. The number of carboxylic acids is 2. The second kappa shape index (κ2) is 14.5. The second-order valence-electron chi connectivity index (χ2n) is 8.22. The quantitative estimate of drug-likeness (QED) is 0.346. The van der Waals surface area contributed by atoms with Crippen LogP contribution in [0.1, 0.15) is 23.7 Å². The van der Waals surface area contributed by atoms with Gasteiger partial charge < -0.3 is 30.1 Å². The smallest absolute Gasteiger partial charge is 0.414 e. The summed E-state index contributed by atoms with van der Waals surface area (Å²) < 4.78 is 5.78. The van der Waals surface area contributed by atoms with Crippen LogP contribution in [0.15, 0.2) is 42.6 Å². The number of ether oxygens (including phenoxy) is 1. The molecule has 0 unspecified atom stereocenters. The maximum absolute atomic E-state index is 12.3. The molecular weight excluding hydrogens is 466 g/mol. The molecule has 1 aliphatic rings. The second-order valence-corrected chi connectivity index (χ2v) is 8.22. The number of nitrogens with zero attached hydrogens (tertiary/aromatic N) is 4. The molecule has 2 aromatic rings. The molecule has 1 aromatic carbocycles. The van der Waals surface area contributed by atoms with Crippen molar-refractivity contribution in [2.24, 2.45) is 0 Å². The maximum Gasteiger partial charge on any atom is 0.414 e. The van der Waals surface area contributed by atoms with Crippen molar-refractivity contribution in [3.05, 3.63) is 48.2 Å². The Hall–Kier alpha value is -3.86. The van der Waals surface area contributed by atoms with Gasteiger partial charge in [0.1, 0.15) is 11.6 Å². The third-order valence-corrected chi connectivity index (χ3v) is 5.45. The van der Waals surface area contributed by atoms with Crippen molar-refractivity contribution in [3.8, 4) is 5.75 Å². The summed E-state index contributed by atoms with van der Waals surface area (Å²) in [7, 11) is 3.51. The number of carbonyl (C=O) groups excluding carboxylic acids is 1. The van der Waals surface area contributed by atoms with Crippen LogP contribution >= 0.6 is 0 Å². The first kappa shape index (κ1) is 28.4. The van der Waals surface area contributed by atoms with Crippen molar-refractivity contribution in [1.29, 1.82) is 0 Å². The number of aliphatic carboxylic acids is 2. The number of carbonyl (C=O) groups is 3. The number of benzene rings is 1. The molecule has 1 aromatic heterocycles. The number of para-hydroxylation sites is 2. The van der Waals surface area contributed by atoms with Crippen molar-refractivity contribution in [1.82, 2.24) is 14.8 Å². The number of hydrogen-bond acceptors (Lipinski definition) is 8. The molecule has 3 rings (SSSR count). The lowest BCUT2D eigenvalue weighted by Gasteiger charge is -2.36. The van der Waals surface area contributed by atoms with Gasteiger partial charge in [-0.3, -0.25) is 9.69 Å². The molecule has 11 heteroatoms. The van der Waals surface area contributed by atoms with Gasteiger partial charge in [-0.2, -0.15) is 0 Å². The minimum absolute atomic E-state index is 0.0333. The molecule has 0 saturated carbocycles. The van der Waals surface area contributed by atoms with Crippen LogP contribution in [0.25, 0.3) is 0 Å². The molecule has 0 radical (unpaired) electrons. The minimum Gasteiger partial charge on any atom is -0.492 e. The fourth-order valence-corrected chi connectivity index (χ4v) is 3.68. The van der Waals surface area contributed by atoms with Gasteiger partial charge >= 0.3 is 11.9 Å². The lowest BCUT2D eigenvalue weighted by Crippen LogP contribution is -2.47. The predicted octanol–water partition coefficient (Wildman–Crippen LogP) is 1.96. The lowest BCUT2D eigenvalue weighted by molar-refractivity contribution is -0.159. The van der Waals surface area contributed by atoms with E-state index in [1.54, 1.807) is 31.3 Å². The third kappa shape index (κ3) is 8.73. The van der Waals surface area contributed by atoms with Gasteiger partial charge in [-0.15, -0.1) is 0 Å². The number of pyridine rings is 1. The molecular formula is C25H35N5O6. The highest BCUT2D eigenvalue weighted by Crippen LogP contribution is 2.28. The van der Waals surface area contributed by atoms with Gasteiger partial charge in [-0.05, 0) is 44.2 Å². The van der Waals surface area contributed by atoms with E-state index in [2.05, 4.69) is 32.2 Å². The van der Waals surface area contributed by atoms with Gasteiger partial charge in [0.25, 0.3) is 5.91 Å². The van der Waals surface area contributed by atoms with Crippen molar-refractivity contribution < 1.29 is 29.3 Å². The Bertz CT molecular complexity index is 996. The standard InChI is InChI=1S/C23H33N5O2.C2H2O4/c1-4-30-21-11-6-5-10-20(21)28-17-15-27(16-18-28)14-8-13-25-22-19(9-7-12-24-22)23(29)26(2)3;3-1(4)2(5)6/h5-7,9-12H,4,8,13-18H2,1-3H3,(H,24,25);(H,3,4)(H,5,6). The first-order valence-electron chi connectivity index (χ1n) is 11.8. The topological polar surface area (TPSA) is 136 Å². The average molecular weight is 502 g/mol. The first-order valence-corrected chi connectivity index (χ1v) is 11.8. The molecule has 2 heterocycles. The number of amides is 1. The third-order valence-electron chi connectivity index (χ3n) is 5.45. The number of piperazine rings is 1. The normalized spacial score (nSPS) is 13.2. The van der Waals surface area contributed by atoms with Crippen molar-refractivity contribution in [2.45, 2.75) is 13.3 Å². The average Bonchev–Trinajstić information content (AvgIpc) is 2.87. The Morgan fingerprint density at radius 1 is 1.03 bits per heavy atom. The molecule has 1 aliphatic heterocycles. The summed E-state index contributed by atoms with van der Waals surface area (Å²) in [5.74, 6) is -2.05. The zero-order chi connectivity index (χ0) is 26.5. The van der Waals surface area contributed by atoms with Gasteiger partial charge in [0.15, 0.2) is 0 Å². The highest BCUT2D eigenvalue weighted by atomic mass is 16.5. The number of hydrogen-bond donors (Lipinski definition) is 3. The predicted molar refractivity (Wildman–Crippen MR) is 137 cm³/mol. The van der Waals surface area contributed by atoms with E-state index in [0.29, 0.717) is 18.0 Å². The molecule has 0 atom stereocenters. The summed E-state index contributed by atoms with van der Waals surface area (Å²) in [5.41, 5.74) is 1.80. The monoisotopic (exact) mass is 501 g/mol. The van der Waals surface area contributed by atoms with Crippen LogP contribution in [0.4, 0.5) is 11.5 Å². The van der Waals surface area contributed by atoms with E-state index < -0.39 is 11.9 Å². The molecule has 36 heavy (non-hydrogen) atoms. The Kier molecular flexibility index (Phi) is 11.4. The summed E-state index contributed by atoms with van der Waals surface area (Å²) in [6.45, 7) is 8.59. The Morgan fingerprint density at radius 3 is 2.31 bits per heavy atom. The molecule has 1 fully saturated rings. The Morgan fingerprint density at radius 2 is 1.69 bits per heavy atom. The fraction of sp³-hybridized carbons (Fsp3) is 0.440. The largest absolute Gasteiger partial charge is 0.492 e. The van der Waals surface area contributed by atoms with Gasteiger partial charge in [0.05, 0.1) is 17.9 Å². The highest BCUT2D eigenvalue weighted by Gasteiger charge is 2.19. The van der Waals surface area contributed by atoms with E-state index in [0.717, 1.165) is 51.4 Å². The Labute approximate surface area is 211 Å². The van der Waals surface area contributed by atoms with E-state index in [1.165, 1.54) is 5.69 Å². The molecule has 196 valence electrons. The van der Waals surface area contributed by atoms with Crippen molar-refractivity contribution in [2.75, 3.05) is 70.2 Å². The number of anilines is 2. The van der Waals surface area contributed by atoms with Crippen molar-refractivity contribution >= 4 is 29.4 Å². The van der Waals surface area contributed by atoms with Gasteiger partial charge in [0, 0.05) is 53.0 Å². The first-order chi connectivity index (χ1) is 17.2. The van der Waals surface area contributed by atoms with Crippen LogP contribution in [0.3, 0.4) is 0 Å². The summed E-state index contributed by atoms with van der Waals surface area (Å²) in [6, 6.07) is 11.9. The van der Waals surface area contributed by atoms with Gasteiger partial charge in [-0.25, -0.2) is 14.6 Å². The van der Waals surface area contributed by atoms with E-state index >= 15 is 0 Å². The molecule has 1 amide bonds. The van der Waals surface area contributed by atoms with E-state index in [1.807, 2.05) is 25.1 Å². The van der Waals surface area contributed by atoms with Gasteiger partial charge in [-0.1, -0.05) is 12.1 Å². The van der Waals surface area contributed by atoms with E-state index in [4.69, 9.17) is 24.5 Å². The fourth-order valence-electron chi connectivity index (χ4n) is 3.68. The molecule has 0 spiro atoms. The van der Waals surface area contributed by atoms with Gasteiger partial charge in [0.2, 0.25) is 0 Å². The zero-order valence-electron chi connectivity index (χ0n) is 21.0. The summed E-state index contributed by atoms with van der Waals surface area (Å²) in [4.78, 5) is 41.3. The number of carboxylic acid groups (broad SMARTS) is 2. The van der Waals surface area contributed by atoms with Crippen LogP contribution in [0.2, 0.25) is 0 Å². The molecule has 3 N–H and O–H groups in total. The molecule has 1 saturated heterocycles. The van der Waals surface area contributed by atoms with Crippen LogP contribution in [0, 0.1) is 0 Å². The van der Waals surface area contributed by atoms with E-state index in [9.17, 15) is 4.79 Å². The summed E-state index contributed by atoms with van der Waals surface area (Å²) in [5, 5.41) is 18.1. The highest BCUT2D eigenvalue weighted by molar-refractivity contribution is 6.27. The SMILES string of the molecule is CCOc1ccccc1N1CCN(CCCNc2ncccc2C(=O)N(C)C)CC1.O=C(O)C(=O)O. The number of nitrogens with one attached hydrogen (secondary N) is 1.